The van der Waals surface area contributed by atoms with Crippen molar-refractivity contribution in [3.05, 3.63) is 34.9 Å². The Balaban J connectivity index is 2.52. The van der Waals surface area contributed by atoms with E-state index in [1.54, 1.807) is 0 Å². The van der Waals surface area contributed by atoms with E-state index in [9.17, 15) is 4.79 Å². The van der Waals surface area contributed by atoms with Gasteiger partial charge < -0.3 is 11.1 Å². The second-order valence-electron chi connectivity index (χ2n) is 4.56. The fourth-order valence-corrected chi connectivity index (χ4v) is 2.21. The molecule has 0 aromatic heterocycles. The molecule has 0 aliphatic rings. The standard InChI is InChI=1S/C14H21ClN2O/c1-3-6-11(16)9-14(18)17-10(2)12-7-4-5-8-13(12)15/h4-5,7-8,10-11H,3,6,9,16H2,1-2H3,(H,17,18)/t10-,11?/m1/s1. The van der Waals surface area contributed by atoms with E-state index < -0.39 is 0 Å². The van der Waals surface area contributed by atoms with Crippen molar-refractivity contribution < 1.29 is 4.79 Å². The number of benzene rings is 1. The summed E-state index contributed by atoms with van der Waals surface area (Å²) in [5, 5.41) is 3.59. The van der Waals surface area contributed by atoms with Crippen LogP contribution in [0.5, 0.6) is 0 Å². The molecule has 4 heteroatoms. The van der Waals surface area contributed by atoms with Gasteiger partial charge in [-0.1, -0.05) is 43.1 Å². The van der Waals surface area contributed by atoms with Crippen LogP contribution in [-0.2, 0) is 4.79 Å². The Hall–Kier alpha value is -1.06. The zero-order valence-electron chi connectivity index (χ0n) is 10.9. The summed E-state index contributed by atoms with van der Waals surface area (Å²) < 4.78 is 0. The maximum atomic E-state index is 11.8. The Morgan fingerprint density at radius 2 is 2.11 bits per heavy atom. The molecule has 0 radical (unpaired) electrons. The van der Waals surface area contributed by atoms with E-state index in [4.69, 9.17) is 17.3 Å². The largest absolute Gasteiger partial charge is 0.349 e. The third kappa shape index (κ3) is 4.67. The summed E-state index contributed by atoms with van der Waals surface area (Å²) in [6, 6.07) is 7.36. The highest BCUT2D eigenvalue weighted by Gasteiger charge is 2.14. The highest BCUT2D eigenvalue weighted by Crippen LogP contribution is 2.22. The second-order valence-corrected chi connectivity index (χ2v) is 4.97. The molecule has 1 aromatic carbocycles. The van der Waals surface area contributed by atoms with Gasteiger partial charge in [0.1, 0.15) is 0 Å². The van der Waals surface area contributed by atoms with Gasteiger partial charge in [0.2, 0.25) is 5.91 Å². The fraction of sp³-hybridized carbons (Fsp3) is 0.500. The molecular weight excluding hydrogens is 248 g/mol. The monoisotopic (exact) mass is 268 g/mol. The molecule has 1 unspecified atom stereocenters. The topological polar surface area (TPSA) is 55.1 Å². The van der Waals surface area contributed by atoms with Gasteiger partial charge in [0, 0.05) is 17.5 Å². The Morgan fingerprint density at radius 3 is 2.72 bits per heavy atom. The number of amides is 1. The maximum absolute atomic E-state index is 11.8. The SMILES string of the molecule is CCCC(N)CC(=O)N[C@H](C)c1ccccc1Cl. The summed E-state index contributed by atoms with van der Waals surface area (Å²) >= 11 is 6.08. The van der Waals surface area contributed by atoms with Crippen molar-refractivity contribution in [2.45, 2.75) is 45.2 Å². The maximum Gasteiger partial charge on any atom is 0.222 e. The minimum absolute atomic E-state index is 0.0247. The molecule has 0 heterocycles. The third-order valence-corrected chi connectivity index (χ3v) is 3.20. The van der Waals surface area contributed by atoms with Gasteiger partial charge in [-0.3, -0.25) is 4.79 Å². The molecule has 18 heavy (non-hydrogen) atoms. The van der Waals surface area contributed by atoms with Crippen molar-refractivity contribution in [3.63, 3.8) is 0 Å². The van der Waals surface area contributed by atoms with Crippen molar-refractivity contribution >= 4 is 17.5 Å². The average molecular weight is 269 g/mol. The lowest BCUT2D eigenvalue weighted by Gasteiger charge is -2.17. The molecule has 1 aromatic rings. The number of halogens is 1. The van der Waals surface area contributed by atoms with E-state index in [1.165, 1.54) is 0 Å². The van der Waals surface area contributed by atoms with E-state index in [1.807, 2.05) is 31.2 Å². The van der Waals surface area contributed by atoms with Crippen molar-refractivity contribution in [1.82, 2.24) is 5.32 Å². The van der Waals surface area contributed by atoms with Crippen molar-refractivity contribution in [3.8, 4) is 0 Å². The van der Waals surface area contributed by atoms with Gasteiger partial charge in [-0.05, 0) is 25.0 Å². The summed E-state index contributed by atoms with van der Waals surface area (Å²) in [6.07, 6.45) is 2.23. The number of nitrogens with one attached hydrogen (secondary N) is 1. The fourth-order valence-electron chi connectivity index (χ4n) is 1.92. The van der Waals surface area contributed by atoms with Crippen LogP contribution < -0.4 is 11.1 Å². The van der Waals surface area contributed by atoms with Gasteiger partial charge in [-0.15, -0.1) is 0 Å². The van der Waals surface area contributed by atoms with Gasteiger partial charge in [-0.2, -0.15) is 0 Å². The van der Waals surface area contributed by atoms with Crippen LogP contribution in [0.1, 0.15) is 44.7 Å². The lowest BCUT2D eigenvalue weighted by molar-refractivity contribution is -0.122. The van der Waals surface area contributed by atoms with E-state index in [0.29, 0.717) is 11.4 Å². The molecule has 0 bridgehead atoms. The Bertz CT molecular complexity index is 395. The molecule has 100 valence electrons. The van der Waals surface area contributed by atoms with Gasteiger partial charge in [0.05, 0.1) is 6.04 Å². The molecule has 1 amide bonds. The molecule has 0 aliphatic heterocycles. The molecule has 0 spiro atoms. The number of rotatable bonds is 6. The molecule has 3 N–H and O–H groups in total. The zero-order valence-corrected chi connectivity index (χ0v) is 11.7. The number of carbonyl (C=O) groups is 1. The van der Waals surface area contributed by atoms with Crippen LogP contribution in [0.15, 0.2) is 24.3 Å². The van der Waals surface area contributed by atoms with E-state index in [-0.39, 0.29) is 18.0 Å². The summed E-state index contributed by atoms with van der Waals surface area (Å²) in [5.74, 6) is -0.0247. The normalized spacial score (nSPS) is 14.0. The average Bonchev–Trinajstić information content (AvgIpc) is 2.29. The Kier molecular flexibility index (Phi) is 6.16. The highest BCUT2D eigenvalue weighted by atomic mass is 35.5. The first-order chi connectivity index (χ1) is 8.54. The Labute approximate surface area is 114 Å². The highest BCUT2D eigenvalue weighted by molar-refractivity contribution is 6.31. The summed E-state index contributed by atoms with van der Waals surface area (Å²) in [5.41, 5.74) is 6.77. The second kappa shape index (κ2) is 7.39. The van der Waals surface area contributed by atoms with Gasteiger partial charge >= 0.3 is 0 Å². The number of carbonyl (C=O) groups excluding carboxylic acids is 1. The van der Waals surface area contributed by atoms with Crippen LogP contribution >= 0.6 is 11.6 Å². The zero-order chi connectivity index (χ0) is 13.5. The van der Waals surface area contributed by atoms with Crippen molar-refractivity contribution in [2.75, 3.05) is 0 Å². The molecule has 0 saturated heterocycles. The van der Waals surface area contributed by atoms with Crippen LogP contribution in [0.25, 0.3) is 0 Å². The van der Waals surface area contributed by atoms with Gasteiger partial charge in [0.25, 0.3) is 0 Å². The van der Waals surface area contributed by atoms with Crippen molar-refractivity contribution in [1.29, 1.82) is 0 Å². The molecular formula is C14H21ClN2O. The van der Waals surface area contributed by atoms with E-state index >= 15 is 0 Å². The summed E-state index contributed by atoms with van der Waals surface area (Å²) in [4.78, 5) is 11.8. The van der Waals surface area contributed by atoms with Gasteiger partial charge in [-0.25, -0.2) is 0 Å². The molecule has 3 nitrogen and oxygen atoms in total. The predicted octanol–water partition coefficient (Wildman–Crippen LogP) is 3.03. The summed E-state index contributed by atoms with van der Waals surface area (Å²) in [6.45, 7) is 3.98. The third-order valence-electron chi connectivity index (χ3n) is 2.86. The number of nitrogens with two attached hydrogens (primary N) is 1. The molecule has 2 atom stereocenters. The van der Waals surface area contributed by atoms with Crippen LogP contribution in [0.4, 0.5) is 0 Å². The minimum atomic E-state index is -0.0972. The number of hydrogen-bond donors (Lipinski definition) is 2. The van der Waals surface area contributed by atoms with Gasteiger partial charge in [0.15, 0.2) is 0 Å². The van der Waals surface area contributed by atoms with Crippen LogP contribution in [-0.4, -0.2) is 11.9 Å². The van der Waals surface area contributed by atoms with E-state index in [0.717, 1.165) is 18.4 Å². The van der Waals surface area contributed by atoms with Crippen LogP contribution in [0, 0.1) is 0 Å². The van der Waals surface area contributed by atoms with Crippen molar-refractivity contribution in [2.24, 2.45) is 5.73 Å². The lowest BCUT2D eigenvalue weighted by Crippen LogP contribution is -2.33. The molecule has 0 aliphatic carbocycles. The summed E-state index contributed by atoms with van der Waals surface area (Å²) in [7, 11) is 0. The minimum Gasteiger partial charge on any atom is -0.349 e. The first-order valence-electron chi connectivity index (χ1n) is 6.34. The predicted molar refractivity (Wildman–Crippen MR) is 75.5 cm³/mol. The first kappa shape index (κ1) is 15.0. The molecule has 0 fully saturated rings. The van der Waals surface area contributed by atoms with E-state index in [2.05, 4.69) is 12.2 Å². The van der Waals surface area contributed by atoms with Crippen LogP contribution in [0.2, 0.25) is 5.02 Å². The lowest BCUT2D eigenvalue weighted by atomic mass is 10.1. The quantitative estimate of drug-likeness (QED) is 0.833. The first-order valence-corrected chi connectivity index (χ1v) is 6.71. The number of hydrogen-bond acceptors (Lipinski definition) is 2. The molecule has 0 saturated carbocycles. The smallest absolute Gasteiger partial charge is 0.222 e. The van der Waals surface area contributed by atoms with Crippen LogP contribution in [0.3, 0.4) is 0 Å². The molecule has 1 rings (SSSR count). The Morgan fingerprint density at radius 1 is 1.44 bits per heavy atom.